The standard InChI is InChI=1S/C13H16F3NO/c1-11(6-12(11,7-17)8-18)9-2-4-10(5-3-9)13(14,15)16/h2-5,18H,6-8,17H2,1H3. The van der Waals surface area contributed by atoms with Gasteiger partial charge < -0.3 is 10.8 Å². The van der Waals surface area contributed by atoms with Crippen LogP contribution in [0.1, 0.15) is 24.5 Å². The molecule has 100 valence electrons. The molecule has 18 heavy (non-hydrogen) atoms. The van der Waals surface area contributed by atoms with E-state index in [1.807, 2.05) is 6.92 Å². The second-order valence-corrected chi connectivity index (χ2v) is 5.23. The molecule has 1 saturated carbocycles. The van der Waals surface area contributed by atoms with Gasteiger partial charge >= 0.3 is 6.18 Å². The summed E-state index contributed by atoms with van der Waals surface area (Å²) in [4.78, 5) is 0. The van der Waals surface area contributed by atoms with Crippen LogP contribution in [0.4, 0.5) is 13.2 Å². The van der Waals surface area contributed by atoms with Gasteiger partial charge in [-0.2, -0.15) is 13.2 Å². The lowest BCUT2D eigenvalue weighted by atomic mass is 9.87. The van der Waals surface area contributed by atoms with Gasteiger partial charge in [-0.05, 0) is 24.1 Å². The van der Waals surface area contributed by atoms with E-state index in [-0.39, 0.29) is 17.4 Å². The van der Waals surface area contributed by atoms with Crippen molar-refractivity contribution in [3.8, 4) is 0 Å². The Balaban J connectivity index is 2.27. The van der Waals surface area contributed by atoms with Crippen LogP contribution in [0.3, 0.4) is 0 Å². The molecule has 1 fully saturated rings. The van der Waals surface area contributed by atoms with Crippen LogP contribution in [-0.4, -0.2) is 18.3 Å². The summed E-state index contributed by atoms with van der Waals surface area (Å²) in [5, 5.41) is 9.38. The van der Waals surface area contributed by atoms with Crippen molar-refractivity contribution in [2.24, 2.45) is 11.1 Å². The van der Waals surface area contributed by atoms with Crippen molar-refractivity contribution in [2.75, 3.05) is 13.2 Å². The van der Waals surface area contributed by atoms with Crippen molar-refractivity contribution >= 4 is 0 Å². The third-order valence-electron chi connectivity index (χ3n) is 4.28. The molecule has 0 aromatic heterocycles. The summed E-state index contributed by atoms with van der Waals surface area (Å²) in [7, 11) is 0. The highest BCUT2D eigenvalue weighted by molar-refractivity contribution is 5.39. The maximum atomic E-state index is 12.5. The van der Waals surface area contributed by atoms with Crippen LogP contribution in [0.15, 0.2) is 24.3 Å². The Morgan fingerprint density at radius 3 is 2.17 bits per heavy atom. The molecule has 0 heterocycles. The van der Waals surface area contributed by atoms with Crippen molar-refractivity contribution in [3.63, 3.8) is 0 Å². The number of alkyl halides is 3. The molecule has 1 aliphatic carbocycles. The molecular weight excluding hydrogens is 243 g/mol. The van der Waals surface area contributed by atoms with Crippen molar-refractivity contribution in [1.82, 2.24) is 0 Å². The molecule has 0 spiro atoms. The lowest BCUT2D eigenvalue weighted by molar-refractivity contribution is -0.137. The minimum Gasteiger partial charge on any atom is -0.396 e. The van der Waals surface area contributed by atoms with Crippen LogP contribution in [0.2, 0.25) is 0 Å². The molecule has 5 heteroatoms. The normalized spacial score (nSPS) is 31.4. The average Bonchev–Trinajstić information content (AvgIpc) is 2.96. The van der Waals surface area contributed by atoms with Gasteiger partial charge in [-0.3, -0.25) is 0 Å². The van der Waals surface area contributed by atoms with Crippen LogP contribution in [0.25, 0.3) is 0 Å². The fraction of sp³-hybridized carbons (Fsp3) is 0.538. The molecule has 2 rings (SSSR count). The van der Waals surface area contributed by atoms with Crippen LogP contribution in [0, 0.1) is 5.41 Å². The third kappa shape index (κ3) is 1.82. The van der Waals surface area contributed by atoms with Gasteiger partial charge in [0.05, 0.1) is 12.2 Å². The second kappa shape index (κ2) is 3.96. The van der Waals surface area contributed by atoms with Gasteiger partial charge in [0.2, 0.25) is 0 Å². The summed E-state index contributed by atoms with van der Waals surface area (Å²) < 4.78 is 37.4. The Morgan fingerprint density at radius 1 is 1.28 bits per heavy atom. The Kier molecular flexibility index (Phi) is 2.94. The molecule has 2 nitrogen and oxygen atoms in total. The lowest BCUT2D eigenvalue weighted by Crippen LogP contribution is -2.27. The second-order valence-electron chi connectivity index (χ2n) is 5.23. The molecule has 0 saturated heterocycles. The van der Waals surface area contributed by atoms with E-state index in [0.717, 1.165) is 17.7 Å². The number of aliphatic hydroxyl groups is 1. The molecule has 1 aliphatic rings. The summed E-state index contributed by atoms with van der Waals surface area (Å²) in [6, 6.07) is 5.13. The number of nitrogens with two attached hydrogens (primary N) is 1. The largest absolute Gasteiger partial charge is 0.416 e. The van der Waals surface area contributed by atoms with E-state index in [4.69, 9.17) is 5.73 Å². The molecule has 0 radical (unpaired) electrons. The maximum Gasteiger partial charge on any atom is 0.416 e. The summed E-state index contributed by atoms with van der Waals surface area (Å²) in [5.41, 5.74) is 5.10. The van der Waals surface area contributed by atoms with Gasteiger partial charge in [-0.15, -0.1) is 0 Å². The topological polar surface area (TPSA) is 46.2 Å². The van der Waals surface area contributed by atoms with E-state index in [1.54, 1.807) is 0 Å². The van der Waals surface area contributed by atoms with Gasteiger partial charge in [0.1, 0.15) is 0 Å². The number of benzene rings is 1. The number of rotatable bonds is 3. The monoisotopic (exact) mass is 259 g/mol. The summed E-state index contributed by atoms with van der Waals surface area (Å²) in [6.07, 6.45) is -3.61. The SMILES string of the molecule is CC1(c2ccc(C(F)(F)F)cc2)CC1(CN)CO. The van der Waals surface area contributed by atoms with E-state index < -0.39 is 11.7 Å². The Hall–Kier alpha value is -1.07. The maximum absolute atomic E-state index is 12.5. The van der Waals surface area contributed by atoms with E-state index in [9.17, 15) is 18.3 Å². The number of aliphatic hydroxyl groups excluding tert-OH is 1. The number of hydrogen-bond donors (Lipinski definition) is 2. The van der Waals surface area contributed by atoms with Crippen LogP contribution in [-0.2, 0) is 11.6 Å². The predicted octanol–water partition coefficient (Wildman–Crippen LogP) is 2.30. The quantitative estimate of drug-likeness (QED) is 0.875. The minimum atomic E-state index is -4.31. The first-order valence-electron chi connectivity index (χ1n) is 5.78. The smallest absolute Gasteiger partial charge is 0.396 e. The predicted molar refractivity (Wildman–Crippen MR) is 62.0 cm³/mol. The number of hydrogen-bond acceptors (Lipinski definition) is 2. The van der Waals surface area contributed by atoms with Gasteiger partial charge in [0.25, 0.3) is 0 Å². The first-order chi connectivity index (χ1) is 8.29. The van der Waals surface area contributed by atoms with Crippen LogP contribution >= 0.6 is 0 Å². The van der Waals surface area contributed by atoms with E-state index >= 15 is 0 Å². The average molecular weight is 259 g/mol. The van der Waals surface area contributed by atoms with Gasteiger partial charge in [-0.1, -0.05) is 19.1 Å². The molecule has 0 amide bonds. The van der Waals surface area contributed by atoms with Crippen molar-refractivity contribution in [3.05, 3.63) is 35.4 Å². The molecule has 0 bridgehead atoms. The highest BCUT2D eigenvalue weighted by Gasteiger charge is 2.63. The van der Waals surface area contributed by atoms with E-state index in [1.165, 1.54) is 12.1 Å². The van der Waals surface area contributed by atoms with Crippen molar-refractivity contribution < 1.29 is 18.3 Å². The Morgan fingerprint density at radius 2 is 1.83 bits per heavy atom. The molecule has 3 N–H and O–H groups in total. The zero-order valence-electron chi connectivity index (χ0n) is 10.1. The van der Waals surface area contributed by atoms with Gasteiger partial charge in [0, 0.05) is 17.4 Å². The van der Waals surface area contributed by atoms with Crippen LogP contribution in [0.5, 0.6) is 0 Å². The zero-order chi connectivity index (χ0) is 13.6. The zero-order valence-corrected chi connectivity index (χ0v) is 10.1. The van der Waals surface area contributed by atoms with E-state index in [0.29, 0.717) is 13.0 Å². The lowest BCUT2D eigenvalue weighted by Gasteiger charge is -2.20. The summed E-state index contributed by atoms with van der Waals surface area (Å²) in [5.74, 6) is 0. The Bertz CT molecular complexity index is 437. The van der Waals surface area contributed by atoms with Gasteiger partial charge in [0.15, 0.2) is 0 Å². The summed E-state index contributed by atoms with van der Waals surface area (Å²) in [6.45, 7) is 2.22. The third-order valence-corrected chi connectivity index (χ3v) is 4.28. The highest BCUT2D eigenvalue weighted by Crippen LogP contribution is 2.63. The highest BCUT2D eigenvalue weighted by atomic mass is 19.4. The minimum absolute atomic E-state index is 0.0407. The molecule has 0 aliphatic heterocycles. The first kappa shape index (κ1) is 13.4. The fourth-order valence-electron chi connectivity index (χ4n) is 2.66. The molecular formula is C13H16F3NO. The van der Waals surface area contributed by atoms with Crippen molar-refractivity contribution in [1.29, 1.82) is 0 Å². The molecule has 2 atom stereocenters. The van der Waals surface area contributed by atoms with Crippen LogP contribution < -0.4 is 5.73 Å². The number of halogens is 3. The molecule has 1 aromatic carbocycles. The fourth-order valence-corrected chi connectivity index (χ4v) is 2.66. The first-order valence-corrected chi connectivity index (χ1v) is 5.78. The molecule has 2 unspecified atom stereocenters. The van der Waals surface area contributed by atoms with Crippen molar-refractivity contribution in [2.45, 2.75) is 24.9 Å². The van der Waals surface area contributed by atoms with E-state index in [2.05, 4.69) is 0 Å². The summed E-state index contributed by atoms with van der Waals surface area (Å²) >= 11 is 0. The molecule has 1 aromatic rings. The Labute approximate surface area is 104 Å². The van der Waals surface area contributed by atoms with Gasteiger partial charge in [-0.25, -0.2) is 0 Å².